The lowest BCUT2D eigenvalue weighted by atomic mass is 9.91. The summed E-state index contributed by atoms with van der Waals surface area (Å²) in [4.78, 5) is 15.9. The van der Waals surface area contributed by atoms with Crippen LogP contribution in [0.3, 0.4) is 0 Å². The van der Waals surface area contributed by atoms with E-state index in [1.165, 1.54) is 0 Å². The highest BCUT2D eigenvalue weighted by molar-refractivity contribution is 9.10. The summed E-state index contributed by atoms with van der Waals surface area (Å²) in [6.07, 6.45) is 1.19. The molecular weight excluding hydrogens is 408 g/mol. The molecule has 25 heavy (non-hydrogen) atoms. The first-order chi connectivity index (χ1) is 11.7. The van der Waals surface area contributed by atoms with Crippen LogP contribution < -0.4 is 0 Å². The Hall–Kier alpha value is -1.12. The zero-order chi connectivity index (χ0) is 18.6. The number of rotatable bonds is 4. The predicted molar refractivity (Wildman–Crippen MR) is 102 cm³/mol. The molecule has 8 heteroatoms. The number of hydrogen-bond donors (Lipinski definition) is 1. The summed E-state index contributed by atoms with van der Waals surface area (Å²) in [6.45, 7) is 7.29. The van der Waals surface area contributed by atoms with Crippen LogP contribution >= 0.6 is 27.3 Å². The zero-order valence-electron chi connectivity index (χ0n) is 15.0. The summed E-state index contributed by atoms with van der Waals surface area (Å²) in [6, 6.07) is 1.99. The molecule has 1 aliphatic rings. The summed E-state index contributed by atoms with van der Waals surface area (Å²) in [5.41, 5.74) is 0.175. The molecular formula is C17H25BrN2O4S. The van der Waals surface area contributed by atoms with Gasteiger partial charge in [-0.3, -0.25) is 0 Å². The van der Waals surface area contributed by atoms with Crippen LogP contribution in [0.4, 0.5) is 4.79 Å². The maximum atomic E-state index is 12.2. The molecule has 0 aromatic carbocycles. The van der Waals surface area contributed by atoms with Gasteiger partial charge in [-0.2, -0.15) is 0 Å². The van der Waals surface area contributed by atoms with Gasteiger partial charge in [0.2, 0.25) is 0 Å². The van der Waals surface area contributed by atoms with Gasteiger partial charge in [-0.05, 0) is 55.6 Å². The molecule has 1 saturated heterocycles. The molecule has 0 spiro atoms. The molecule has 0 saturated carbocycles. The standard InChI is InChI=1S/C17H25BrN2O4S/c1-17(2,3)24-16(21)20-7-5-11(6-8-20)14(19-22)15-13(18)9-12(25-15)10-23-4/h9,11,22H,5-8,10H2,1-4H3. The molecule has 1 amide bonds. The average molecular weight is 433 g/mol. The van der Waals surface area contributed by atoms with E-state index in [-0.39, 0.29) is 12.0 Å². The third-order valence-corrected chi connectivity index (χ3v) is 5.92. The topological polar surface area (TPSA) is 71.4 Å². The second-order valence-corrected chi connectivity index (χ2v) is 9.04. The Labute approximate surface area is 160 Å². The van der Waals surface area contributed by atoms with Gasteiger partial charge in [0, 0.05) is 35.5 Å². The lowest BCUT2D eigenvalue weighted by Gasteiger charge is -2.33. The van der Waals surface area contributed by atoms with E-state index >= 15 is 0 Å². The molecule has 1 aromatic rings. The number of amides is 1. The Balaban J connectivity index is 2.02. The maximum absolute atomic E-state index is 12.2. The van der Waals surface area contributed by atoms with E-state index in [1.54, 1.807) is 23.3 Å². The summed E-state index contributed by atoms with van der Waals surface area (Å²) >= 11 is 5.10. The molecule has 0 unspecified atom stereocenters. The van der Waals surface area contributed by atoms with Gasteiger partial charge >= 0.3 is 6.09 Å². The van der Waals surface area contributed by atoms with E-state index in [0.717, 1.165) is 27.1 Å². The molecule has 1 aliphatic heterocycles. The van der Waals surface area contributed by atoms with Crippen LogP contribution in [0.1, 0.15) is 43.4 Å². The largest absolute Gasteiger partial charge is 0.444 e. The second kappa shape index (κ2) is 8.51. The number of likely N-dealkylation sites (tertiary alicyclic amines) is 1. The molecule has 1 N–H and O–H groups in total. The van der Waals surface area contributed by atoms with Crippen molar-refractivity contribution in [1.29, 1.82) is 0 Å². The molecule has 2 heterocycles. The van der Waals surface area contributed by atoms with Gasteiger partial charge in [-0.1, -0.05) is 5.16 Å². The van der Waals surface area contributed by atoms with E-state index in [4.69, 9.17) is 9.47 Å². The normalized spacial score (nSPS) is 17.0. The molecule has 0 atom stereocenters. The number of hydrogen-bond acceptors (Lipinski definition) is 6. The van der Waals surface area contributed by atoms with E-state index in [9.17, 15) is 10.0 Å². The minimum Gasteiger partial charge on any atom is -0.444 e. The molecule has 1 fully saturated rings. The predicted octanol–water partition coefficient (Wildman–Crippen LogP) is 4.48. The van der Waals surface area contributed by atoms with Crippen LogP contribution in [0.2, 0.25) is 0 Å². The van der Waals surface area contributed by atoms with E-state index in [2.05, 4.69) is 21.1 Å². The number of carbonyl (C=O) groups is 1. The van der Waals surface area contributed by atoms with Crippen molar-refractivity contribution in [1.82, 2.24) is 4.90 Å². The van der Waals surface area contributed by atoms with Crippen LogP contribution in [-0.4, -0.2) is 47.7 Å². The summed E-state index contributed by atoms with van der Waals surface area (Å²) in [5, 5.41) is 13.1. The maximum Gasteiger partial charge on any atom is 0.410 e. The van der Waals surface area contributed by atoms with Crippen molar-refractivity contribution in [2.45, 2.75) is 45.8 Å². The molecule has 1 aromatic heterocycles. The van der Waals surface area contributed by atoms with Crippen molar-refractivity contribution >= 4 is 39.1 Å². The number of thiophene rings is 1. The number of halogens is 1. The highest BCUT2D eigenvalue weighted by atomic mass is 79.9. The van der Waals surface area contributed by atoms with Crippen LogP contribution in [0, 0.1) is 5.92 Å². The summed E-state index contributed by atoms with van der Waals surface area (Å²) < 4.78 is 11.5. The van der Waals surface area contributed by atoms with Crippen molar-refractivity contribution in [3.05, 3.63) is 20.3 Å². The lowest BCUT2D eigenvalue weighted by molar-refractivity contribution is 0.0201. The average Bonchev–Trinajstić information content (AvgIpc) is 2.88. The van der Waals surface area contributed by atoms with Crippen LogP contribution in [0.15, 0.2) is 15.7 Å². The highest BCUT2D eigenvalue weighted by Gasteiger charge is 2.31. The molecule has 0 aliphatic carbocycles. The summed E-state index contributed by atoms with van der Waals surface area (Å²) in [5.74, 6) is 0.106. The molecule has 2 rings (SSSR count). The van der Waals surface area contributed by atoms with Crippen molar-refractivity contribution in [2.24, 2.45) is 11.1 Å². The zero-order valence-corrected chi connectivity index (χ0v) is 17.4. The SMILES string of the molecule is COCc1cc(Br)c(C(=NO)C2CCN(C(=O)OC(C)(C)C)CC2)s1. The smallest absolute Gasteiger partial charge is 0.410 e. The first-order valence-electron chi connectivity index (χ1n) is 8.22. The quantitative estimate of drug-likeness (QED) is 0.432. The Morgan fingerprint density at radius 3 is 2.60 bits per heavy atom. The Morgan fingerprint density at radius 2 is 2.08 bits per heavy atom. The van der Waals surface area contributed by atoms with E-state index in [1.807, 2.05) is 26.8 Å². The second-order valence-electron chi connectivity index (χ2n) is 7.05. The fraction of sp³-hybridized carbons (Fsp3) is 0.647. The number of methoxy groups -OCH3 is 1. The van der Waals surface area contributed by atoms with Gasteiger partial charge in [-0.15, -0.1) is 11.3 Å². The highest BCUT2D eigenvalue weighted by Crippen LogP contribution is 2.33. The van der Waals surface area contributed by atoms with Crippen LogP contribution in [-0.2, 0) is 16.1 Å². The first-order valence-corrected chi connectivity index (χ1v) is 9.83. The third kappa shape index (κ3) is 5.43. The molecule has 0 bridgehead atoms. The van der Waals surface area contributed by atoms with Gasteiger partial charge in [0.15, 0.2) is 0 Å². The van der Waals surface area contributed by atoms with E-state index < -0.39 is 5.60 Å². The Morgan fingerprint density at radius 1 is 1.44 bits per heavy atom. The van der Waals surface area contributed by atoms with Gasteiger partial charge in [0.25, 0.3) is 0 Å². The number of piperidine rings is 1. The van der Waals surface area contributed by atoms with E-state index in [0.29, 0.717) is 25.4 Å². The van der Waals surface area contributed by atoms with Gasteiger partial charge in [-0.25, -0.2) is 4.79 Å². The lowest BCUT2D eigenvalue weighted by Crippen LogP contribution is -2.43. The van der Waals surface area contributed by atoms with Crippen molar-refractivity contribution in [3.63, 3.8) is 0 Å². The van der Waals surface area contributed by atoms with Crippen LogP contribution in [0.5, 0.6) is 0 Å². The number of ether oxygens (including phenoxy) is 2. The fourth-order valence-corrected chi connectivity index (χ4v) is 4.74. The molecule has 6 nitrogen and oxygen atoms in total. The van der Waals surface area contributed by atoms with Crippen molar-refractivity contribution < 1.29 is 19.5 Å². The minimum atomic E-state index is -0.495. The number of carbonyl (C=O) groups excluding carboxylic acids is 1. The minimum absolute atomic E-state index is 0.106. The van der Waals surface area contributed by atoms with Crippen molar-refractivity contribution in [2.75, 3.05) is 20.2 Å². The third-order valence-electron chi connectivity index (χ3n) is 3.90. The fourth-order valence-electron chi connectivity index (χ4n) is 2.78. The molecule has 0 radical (unpaired) electrons. The number of nitrogens with zero attached hydrogens (tertiary/aromatic N) is 2. The Bertz CT molecular complexity index is 631. The first kappa shape index (κ1) is 20.2. The van der Waals surface area contributed by atoms with Gasteiger partial charge in [0.05, 0.1) is 11.5 Å². The molecule has 140 valence electrons. The monoisotopic (exact) mass is 432 g/mol. The Kier molecular flexibility index (Phi) is 6.87. The van der Waals surface area contributed by atoms with Crippen molar-refractivity contribution in [3.8, 4) is 0 Å². The van der Waals surface area contributed by atoms with Gasteiger partial charge in [0.1, 0.15) is 11.3 Å². The number of oxime groups is 1. The van der Waals surface area contributed by atoms with Gasteiger partial charge < -0.3 is 19.6 Å². The van der Waals surface area contributed by atoms with Crippen LogP contribution in [0.25, 0.3) is 0 Å². The summed E-state index contributed by atoms with van der Waals surface area (Å²) in [7, 11) is 1.65.